The molecule has 170 valence electrons. The Morgan fingerprint density at radius 1 is 0.529 bits per heavy atom. The maximum atomic E-state index is 12.4. The summed E-state index contributed by atoms with van der Waals surface area (Å²) in [5.74, 6) is -0.565. The molecule has 34 heavy (non-hydrogen) atoms. The highest BCUT2D eigenvalue weighted by Crippen LogP contribution is 2.18. The van der Waals surface area contributed by atoms with Crippen molar-refractivity contribution in [1.82, 2.24) is 0 Å². The standard InChI is InChI=1S/C26H16Cl2O6/c27-23(29)15-5-17-1-11-21(12-2-17)33-25(31)19-7-9-20(10-8-19)26(32)34-22-13-3-18(4-14-22)6-16-24(28)30/h1-16H/b15-5+,16-6+. The quantitative estimate of drug-likeness (QED) is 0.173. The largest absolute Gasteiger partial charge is 0.423 e. The molecule has 0 amide bonds. The highest BCUT2D eigenvalue weighted by atomic mass is 35.5. The summed E-state index contributed by atoms with van der Waals surface area (Å²) >= 11 is 10.5. The first-order valence-corrected chi connectivity index (χ1v) is 10.6. The monoisotopic (exact) mass is 494 g/mol. The van der Waals surface area contributed by atoms with Crippen LogP contribution in [0.1, 0.15) is 31.8 Å². The normalized spacial score (nSPS) is 10.9. The third-order valence-electron chi connectivity index (χ3n) is 4.35. The smallest absolute Gasteiger partial charge is 0.343 e. The second-order valence-corrected chi connectivity index (χ2v) is 7.51. The van der Waals surface area contributed by atoms with Crippen LogP contribution in [0.2, 0.25) is 0 Å². The van der Waals surface area contributed by atoms with Crippen molar-refractivity contribution in [1.29, 1.82) is 0 Å². The van der Waals surface area contributed by atoms with Gasteiger partial charge in [-0.3, -0.25) is 9.59 Å². The molecular formula is C26H16Cl2O6. The number of esters is 2. The topological polar surface area (TPSA) is 86.7 Å². The van der Waals surface area contributed by atoms with Gasteiger partial charge in [-0.25, -0.2) is 9.59 Å². The number of rotatable bonds is 8. The van der Waals surface area contributed by atoms with Crippen LogP contribution in [-0.4, -0.2) is 22.4 Å². The van der Waals surface area contributed by atoms with Gasteiger partial charge in [0.1, 0.15) is 11.5 Å². The number of hydrogen-bond acceptors (Lipinski definition) is 6. The molecule has 0 aliphatic rings. The van der Waals surface area contributed by atoms with Crippen molar-refractivity contribution in [3.63, 3.8) is 0 Å². The molecule has 0 aromatic heterocycles. The highest BCUT2D eigenvalue weighted by molar-refractivity contribution is 6.67. The van der Waals surface area contributed by atoms with Gasteiger partial charge in [-0.05, 0) is 95.0 Å². The van der Waals surface area contributed by atoms with E-state index in [1.807, 2.05) is 0 Å². The summed E-state index contributed by atoms with van der Waals surface area (Å²) in [5.41, 5.74) is 1.93. The molecule has 8 heteroatoms. The summed E-state index contributed by atoms with van der Waals surface area (Å²) in [7, 11) is 0. The van der Waals surface area contributed by atoms with Crippen LogP contribution in [0.4, 0.5) is 0 Å². The zero-order valence-corrected chi connectivity index (χ0v) is 19.0. The molecule has 0 bridgehead atoms. The predicted molar refractivity (Wildman–Crippen MR) is 129 cm³/mol. The van der Waals surface area contributed by atoms with Gasteiger partial charge in [-0.15, -0.1) is 0 Å². The average Bonchev–Trinajstić information content (AvgIpc) is 2.83. The number of ether oxygens (including phenoxy) is 2. The third kappa shape index (κ3) is 7.55. The van der Waals surface area contributed by atoms with Gasteiger partial charge >= 0.3 is 11.9 Å². The maximum Gasteiger partial charge on any atom is 0.343 e. The Morgan fingerprint density at radius 3 is 1.15 bits per heavy atom. The Labute approximate surface area is 205 Å². The van der Waals surface area contributed by atoms with E-state index in [1.54, 1.807) is 48.5 Å². The molecule has 0 atom stereocenters. The van der Waals surface area contributed by atoms with E-state index >= 15 is 0 Å². The van der Waals surface area contributed by atoms with E-state index in [0.29, 0.717) is 22.6 Å². The Kier molecular flexibility index (Phi) is 8.51. The van der Waals surface area contributed by atoms with E-state index in [4.69, 9.17) is 32.7 Å². The van der Waals surface area contributed by atoms with Crippen molar-refractivity contribution in [3.05, 3.63) is 107 Å². The summed E-state index contributed by atoms with van der Waals surface area (Å²) in [6, 6.07) is 18.8. The van der Waals surface area contributed by atoms with Crippen LogP contribution >= 0.6 is 23.2 Å². The van der Waals surface area contributed by atoms with E-state index in [1.165, 1.54) is 48.6 Å². The first kappa shape index (κ1) is 24.6. The Hall–Kier alpha value is -4.00. The Morgan fingerprint density at radius 2 is 0.853 bits per heavy atom. The molecule has 0 heterocycles. The van der Waals surface area contributed by atoms with Crippen LogP contribution in [-0.2, 0) is 9.59 Å². The minimum atomic E-state index is -0.599. The lowest BCUT2D eigenvalue weighted by atomic mass is 10.1. The van der Waals surface area contributed by atoms with E-state index in [2.05, 4.69) is 0 Å². The van der Waals surface area contributed by atoms with Gasteiger partial charge in [0.2, 0.25) is 10.5 Å². The number of halogens is 2. The lowest BCUT2D eigenvalue weighted by Crippen LogP contribution is -2.11. The average molecular weight is 495 g/mol. The van der Waals surface area contributed by atoms with Crippen LogP contribution in [0.25, 0.3) is 12.2 Å². The molecule has 3 aromatic carbocycles. The summed E-state index contributed by atoms with van der Waals surface area (Å²) in [4.78, 5) is 46.3. The molecule has 0 fully saturated rings. The summed E-state index contributed by atoms with van der Waals surface area (Å²) in [5, 5.41) is -1.18. The van der Waals surface area contributed by atoms with Crippen LogP contribution in [0, 0.1) is 0 Å². The summed E-state index contributed by atoms with van der Waals surface area (Å²) in [6.45, 7) is 0. The molecule has 0 aliphatic heterocycles. The van der Waals surface area contributed by atoms with E-state index in [0.717, 1.165) is 0 Å². The van der Waals surface area contributed by atoms with Gasteiger partial charge in [0.15, 0.2) is 0 Å². The lowest BCUT2D eigenvalue weighted by Gasteiger charge is -2.07. The Balaban J connectivity index is 1.58. The molecule has 3 aromatic rings. The van der Waals surface area contributed by atoms with Crippen molar-refractivity contribution in [2.45, 2.75) is 0 Å². The number of benzene rings is 3. The summed E-state index contributed by atoms with van der Waals surface area (Å²) in [6.07, 6.45) is 5.50. The second-order valence-electron chi connectivity index (χ2n) is 6.77. The van der Waals surface area contributed by atoms with Crippen LogP contribution in [0.5, 0.6) is 11.5 Å². The molecule has 6 nitrogen and oxygen atoms in total. The minimum absolute atomic E-state index is 0.248. The first-order chi connectivity index (χ1) is 16.3. The van der Waals surface area contributed by atoms with Gasteiger partial charge < -0.3 is 9.47 Å². The second kappa shape index (κ2) is 11.7. The van der Waals surface area contributed by atoms with Gasteiger partial charge in [0, 0.05) is 0 Å². The molecule has 0 saturated heterocycles. The van der Waals surface area contributed by atoms with E-state index in [-0.39, 0.29) is 11.1 Å². The van der Waals surface area contributed by atoms with Crippen molar-refractivity contribution in [3.8, 4) is 11.5 Å². The van der Waals surface area contributed by atoms with Crippen LogP contribution < -0.4 is 9.47 Å². The minimum Gasteiger partial charge on any atom is -0.423 e. The number of carbonyl (C=O) groups is 4. The van der Waals surface area contributed by atoms with Gasteiger partial charge in [0.25, 0.3) is 0 Å². The van der Waals surface area contributed by atoms with E-state index < -0.39 is 22.4 Å². The van der Waals surface area contributed by atoms with Crippen molar-refractivity contribution >= 4 is 57.8 Å². The number of hydrogen-bond donors (Lipinski definition) is 0. The molecule has 0 saturated carbocycles. The molecule has 0 aliphatic carbocycles. The number of allylic oxidation sites excluding steroid dienone is 2. The molecule has 3 rings (SSSR count). The van der Waals surface area contributed by atoms with Crippen molar-refractivity contribution in [2.75, 3.05) is 0 Å². The van der Waals surface area contributed by atoms with Crippen LogP contribution in [0.3, 0.4) is 0 Å². The molecule has 0 spiro atoms. The zero-order valence-electron chi connectivity index (χ0n) is 17.4. The fraction of sp³-hybridized carbons (Fsp3) is 0. The van der Waals surface area contributed by atoms with Gasteiger partial charge in [-0.2, -0.15) is 0 Å². The third-order valence-corrected chi connectivity index (χ3v) is 4.60. The fourth-order valence-electron chi connectivity index (χ4n) is 2.69. The SMILES string of the molecule is O=C(Cl)/C=C/c1ccc(OC(=O)c2ccc(C(=O)Oc3ccc(/C=C/C(=O)Cl)cc3)cc2)cc1. The zero-order chi connectivity index (χ0) is 24.5. The maximum absolute atomic E-state index is 12.4. The van der Waals surface area contributed by atoms with Gasteiger partial charge in [0.05, 0.1) is 11.1 Å². The Bertz CT molecular complexity index is 1160. The number of carbonyl (C=O) groups excluding carboxylic acids is 4. The van der Waals surface area contributed by atoms with Crippen molar-refractivity contribution < 1.29 is 28.7 Å². The van der Waals surface area contributed by atoms with E-state index in [9.17, 15) is 19.2 Å². The summed E-state index contributed by atoms with van der Waals surface area (Å²) < 4.78 is 10.6. The molecule has 0 radical (unpaired) electrons. The predicted octanol–water partition coefficient (Wildman–Crippen LogP) is 5.68. The molecular weight excluding hydrogens is 479 g/mol. The van der Waals surface area contributed by atoms with Crippen molar-refractivity contribution in [2.24, 2.45) is 0 Å². The van der Waals surface area contributed by atoms with Crippen LogP contribution in [0.15, 0.2) is 84.9 Å². The van der Waals surface area contributed by atoms with Gasteiger partial charge in [-0.1, -0.05) is 36.4 Å². The molecule has 0 N–H and O–H groups in total. The first-order valence-electron chi connectivity index (χ1n) is 9.80. The fourth-order valence-corrected chi connectivity index (χ4v) is 2.82. The lowest BCUT2D eigenvalue weighted by molar-refractivity contribution is -0.108. The molecule has 0 unspecified atom stereocenters. The highest BCUT2D eigenvalue weighted by Gasteiger charge is 2.12.